The number of furan rings is 2. The molecule has 0 bridgehead atoms. The fourth-order valence-electron chi connectivity index (χ4n) is 9.26. The largest absolute Gasteiger partial charge is 0.455 e. The Morgan fingerprint density at radius 1 is 0.479 bits per heavy atom. The quantitative estimate of drug-likeness (QED) is 0.155. The van der Waals surface area contributed by atoms with Crippen molar-refractivity contribution in [2.45, 2.75) is 5.41 Å². The summed E-state index contributed by atoms with van der Waals surface area (Å²) in [6.45, 7) is 0. The van der Waals surface area contributed by atoms with Gasteiger partial charge in [-0.1, -0.05) is 91.0 Å². The van der Waals surface area contributed by atoms with Gasteiger partial charge in [0.2, 0.25) is 0 Å². The number of halogens is 2. The topological polar surface area (TPSA) is 31.2 Å². The number of fused-ring (bicyclic) bond motifs is 20. The van der Waals surface area contributed by atoms with E-state index in [1.807, 2.05) is 12.1 Å². The maximum absolute atomic E-state index is 6.64. The highest BCUT2D eigenvalue weighted by Gasteiger charge is 2.53. The molecule has 4 heterocycles. The fraction of sp³-hybridized carbons (Fsp3) is 0.0233. The van der Waals surface area contributed by atoms with Gasteiger partial charge in [0.25, 0.3) is 0 Å². The molecule has 0 unspecified atom stereocenters. The number of para-hydroxylation sites is 5. The zero-order chi connectivity index (χ0) is 31.5. The average Bonchev–Trinajstić information content (AvgIpc) is 3.86. The van der Waals surface area contributed by atoms with E-state index in [2.05, 4.69) is 152 Å². The Hall–Kier alpha value is -5.10. The first kappa shape index (κ1) is 25.9. The molecule has 0 radical (unpaired) electrons. The molecule has 0 fully saturated rings. The van der Waals surface area contributed by atoms with Gasteiger partial charge < -0.3 is 13.4 Å². The molecule has 0 atom stereocenters. The molecular weight excluding hydrogens is 722 g/mol. The second kappa shape index (κ2) is 8.67. The van der Waals surface area contributed by atoms with Crippen molar-refractivity contribution in [2.24, 2.45) is 0 Å². The minimum atomic E-state index is -0.630. The second-order valence-electron chi connectivity index (χ2n) is 13.0. The number of nitrogens with zero attached hydrogens (tertiary/aromatic N) is 1. The Morgan fingerprint density at radius 2 is 1.00 bits per heavy atom. The van der Waals surface area contributed by atoms with E-state index in [9.17, 15) is 0 Å². The molecule has 5 heteroatoms. The van der Waals surface area contributed by atoms with Crippen LogP contribution in [0, 0.1) is 0 Å². The molecule has 0 N–H and O–H groups in total. The molecule has 2 aliphatic rings. The van der Waals surface area contributed by atoms with Crippen LogP contribution < -0.4 is 0 Å². The molecule has 0 saturated carbocycles. The first-order valence-corrected chi connectivity index (χ1v) is 17.7. The van der Waals surface area contributed by atoms with Crippen LogP contribution in [-0.2, 0) is 5.41 Å². The molecule has 1 aliphatic heterocycles. The van der Waals surface area contributed by atoms with Crippen molar-refractivity contribution in [1.82, 2.24) is 4.57 Å². The molecule has 10 aromatic rings. The Kier molecular flexibility index (Phi) is 4.68. The van der Waals surface area contributed by atoms with Crippen molar-refractivity contribution in [2.75, 3.05) is 0 Å². The highest BCUT2D eigenvalue weighted by Crippen LogP contribution is 2.65. The normalized spacial score (nSPS) is 14.2. The number of benzene rings is 7. The van der Waals surface area contributed by atoms with Crippen LogP contribution in [0.25, 0.3) is 82.5 Å². The lowest BCUT2D eigenvalue weighted by molar-refractivity contribution is 0.666. The summed E-state index contributed by atoms with van der Waals surface area (Å²) >= 11 is 8.06. The molecule has 224 valence electrons. The molecule has 3 nitrogen and oxygen atoms in total. The van der Waals surface area contributed by atoms with Gasteiger partial charge in [0.05, 0.1) is 31.1 Å². The van der Waals surface area contributed by atoms with Gasteiger partial charge in [0.1, 0.15) is 22.3 Å². The van der Waals surface area contributed by atoms with E-state index < -0.39 is 5.41 Å². The van der Waals surface area contributed by atoms with Gasteiger partial charge in [0.15, 0.2) is 0 Å². The van der Waals surface area contributed by atoms with E-state index in [4.69, 9.17) is 8.83 Å². The Morgan fingerprint density at radius 3 is 1.67 bits per heavy atom. The molecule has 0 saturated heterocycles. The Balaban J connectivity index is 1.42. The third kappa shape index (κ3) is 2.79. The van der Waals surface area contributed by atoms with Crippen LogP contribution in [0.15, 0.2) is 145 Å². The highest BCUT2D eigenvalue weighted by molar-refractivity contribution is 9.11. The van der Waals surface area contributed by atoms with E-state index in [1.54, 1.807) is 0 Å². The molecular formula is C43H21Br2NO2. The zero-order valence-corrected chi connectivity index (χ0v) is 28.3. The smallest absolute Gasteiger partial charge is 0.150 e. The third-order valence-electron chi connectivity index (χ3n) is 10.9. The molecule has 48 heavy (non-hydrogen) atoms. The summed E-state index contributed by atoms with van der Waals surface area (Å²) in [5.41, 5.74) is 13.9. The van der Waals surface area contributed by atoms with Crippen molar-refractivity contribution in [1.29, 1.82) is 0 Å². The van der Waals surface area contributed by atoms with Crippen LogP contribution in [0.3, 0.4) is 0 Å². The summed E-state index contributed by atoms with van der Waals surface area (Å²) in [6.07, 6.45) is 0. The standard InChI is InChI=1S/C43H21Br2NO2/c44-30-20-28-38(36-24-11-2-7-18-34(24)47-41(30)36)39-29(21-31(45)42-37(39)25-12-3-8-19-35(25)48-42)43(28)26-14-4-6-17-33(26)46-32-16-5-1-10-22(32)23-13-9-15-27(43)40(23)46/h1-21H. The highest BCUT2D eigenvalue weighted by atomic mass is 79.9. The molecule has 3 aromatic heterocycles. The van der Waals surface area contributed by atoms with Crippen LogP contribution in [0.1, 0.15) is 22.3 Å². The molecule has 7 aromatic carbocycles. The Bertz CT molecular complexity index is 2980. The van der Waals surface area contributed by atoms with Crippen molar-refractivity contribution < 1.29 is 8.83 Å². The summed E-state index contributed by atoms with van der Waals surface area (Å²) in [6, 6.07) is 46.1. The van der Waals surface area contributed by atoms with E-state index in [1.165, 1.54) is 60.9 Å². The first-order valence-electron chi connectivity index (χ1n) is 16.1. The number of rotatable bonds is 0. The van der Waals surface area contributed by atoms with Crippen LogP contribution in [0.5, 0.6) is 0 Å². The molecule has 1 aliphatic carbocycles. The van der Waals surface area contributed by atoms with Crippen molar-refractivity contribution in [3.63, 3.8) is 0 Å². The van der Waals surface area contributed by atoms with Crippen LogP contribution in [0.2, 0.25) is 0 Å². The average molecular weight is 743 g/mol. The lowest BCUT2D eigenvalue weighted by Gasteiger charge is -2.39. The molecule has 1 spiro atoms. The van der Waals surface area contributed by atoms with E-state index in [0.717, 1.165) is 52.8 Å². The number of hydrogen-bond donors (Lipinski definition) is 0. The lowest BCUT2D eigenvalue weighted by Crippen LogP contribution is -2.33. The van der Waals surface area contributed by atoms with Gasteiger partial charge in [-0.05, 0) is 102 Å². The summed E-state index contributed by atoms with van der Waals surface area (Å²) < 4.78 is 17.7. The second-order valence-corrected chi connectivity index (χ2v) is 14.7. The van der Waals surface area contributed by atoms with Crippen molar-refractivity contribution in [3.05, 3.63) is 159 Å². The molecule has 0 amide bonds. The van der Waals surface area contributed by atoms with Crippen LogP contribution >= 0.6 is 31.9 Å². The van der Waals surface area contributed by atoms with Gasteiger partial charge in [-0.25, -0.2) is 0 Å². The van der Waals surface area contributed by atoms with Gasteiger partial charge in [-0.15, -0.1) is 0 Å². The predicted molar refractivity (Wildman–Crippen MR) is 202 cm³/mol. The summed E-state index contributed by atoms with van der Waals surface area (Å²) in [5, 5.41) is 6.97. The fourth-order valence-corrected chi connectivity index (χ4v) is 10.3. The van der Waals surface area contributed by atoms with Gasteiger partial charge in [-0.2, -0.15) is 0 Å². The van der Waals surface area contributed by atoms with Gasteiger partial charge >= 0.3 is 0 Å². The summed E-state index contributed by atoms with van der Waals surface area (Å²) in [5.74, 6) is 0. The van der Waals surface area contributed by atoms with Crippen LogP contribution in [0.4, 0.5) is 0 Å². The molecule has 12 rings (SSSR count). The van der Waals surface area contributed by atoms with E-state index in [0.29, 0.717) is 0 Å². The van der Waals surface area contributed by atoms with E-state index in [-0.39, 0.29) is 0 Å². The predicted octanol–water partition coefficient (Wildman–Crippen LogP) is 12.8. The van der Waals surface area contributed by atoms with Crippen molar-refractivity contribution in [3.8, 4) is 16.8 Å². The maximum Gasteiger partial charge on any atom is 0.150 e. The monoisotopic (exact) mass is 741 g/mol. The SMILES string of the molecule is Brc1cc2c(c3c1oc1ccccc13)-c1c(cc(Br)c3oc4ccccc4c13)C21c2ccccc2-n2c3ccccc3c3cccc1c32. The summed E-state index contributed by atoms with van der Waals surface area (Å²) in [7, 11) is 0. The Labute approximate surface area is 290 Å². The zero-order valence-electron chi connectivity index (χ0n) is 25.1. The van der Waals surface area contributed by atoms with E-state index >= 15 is 0 Å². The number of aromatic nitrogens is 1. The third-order valence-corrected chi connectivity index (χ3v) is 12.1. The maximum atomic E-state index is 6.64. The number of hydrogen-bond acceptors (Lipinski definition) is 2. The first-order chi connectivity index (χ1) is 23.7. The van der Waals surface area contributed by atoms with Gasteiger partial charge in [-0.3, -0.25) is 0 Å². The minimum Gasteiger partial charge on any atom is -0.455 e. The van der Waals surface area contributed by atoms with Crippen molar-refractivity contribution >= 4 is 97.5 Å². The minimum absolute atomic E-state index is 0.630. The van der Waals surface area contributed by atoms with Gasteiger partial charge in [0, 0.05) is 32.3 Å². The lowest BCUT2D eigenvalue weighted by atomic mass is 9.65. The summed E-state index contributed by atoms with van der Waals surface area (Å²) in [4.78, 5) is 0. The van der Waals surface area contributed by atoms with Crippen LogP contribution in [-0.4, -0.2) is 4.57 Å².